The van der Waals surface area contributed by atoms with Crippen LogP contribution in [0.1, 0.15) is 12.3 Å². The topological polar surface area (TPSA) is 38.5 Å². The molecule has 0 spiro atoms. The van der Waals surface area contributed by atoms with Gasteiger partial charge in [-0.2, -0.15) is 0 Å². The first-order valence-corrected chi connectivity index (χ1v) is 7.71. The Morgan fingerprint density at radius 3 is 2.86 bits per heavy atom. The molecule has 4 rings (SSSR count). The van der Waals surface area contributed by atoms with Crippen LogP contribution < -0.4 is 9.64 Å². The Morgan fingerprint density at radius 2 is 1.91 bits per heavy atom. The lowest BCUT2D eigenvalue weighted by atomic mass is 10.2. The summed E-state index contributed by atoms with van der Waals surface area (Å²) in [7, 11) is 0. The molecule has 0 fully saturated rings. The molecule has 2 aromatic carbocycles. The van der Waals surface area contributed by atoms with E-state index in [1.807, 2.05) is 36.4 Å². The van der Waals surface area contributed by atoms with Crippen molar-refractivity contribution in [3.05, 3.63) is 54.4 Å². The average molecular weight is 294 g/mol. The van der Waals surface area contributed by atoms with Crippen LogP contribution in [0.15, 0.2) is 52.9 Å². The van der Waals surface area contributed by atoms with Crippen molar-refractivity contribution in [2.75, 3.05) is 24.6 Å². The zero-order valence-corrected chi connectivity index (χ0v) is 12.4. The Morgan fingerprint density at radius 1 is 1.05 bits per heavy atom. The molecular weight excluding hydrogens is 276 g/mol. The summed E-state index contributed by atoms with van der Waals surface area (Å²) in [5.41, 5.74) is 3.00. The monoisotopic (exact) mass is 294 g/mol. The van der Waals surface area contributed by atoms with E-state index >= 15 is 0 Å². The zero-order chi connectivity index (χ0) is 14.8. The van der Waals surface area contributed by atoms with Gasteiger partial charge in [0.1, 0.15) is 17.9 Å². The van der Waals surface area contributed by atoms with Crippen molar-refractivity contribution in [1.29, 1.82) is 0 Å². The van der Waals surface area contributed by atoms with Gasteiger partial charge < -0.3 is 14.1 Å². The molecular formula is C18H18N2O2. The lowest BCUT2D eigenvalue weighted by molar-refractivity contribution is 0.307. The molecule has 0 aliphatic carbocycles. The Kier molecular flexibility index (Phi) is 3.43. The highest BCUT2D eigenvalue weighted by atomic mass is 16.5. The number of ether oxygens (including phenoxy) is 1. The van der Waals surface area contributed by atoms with E-state index in [4.69, 9.17) is 9.15 Å². The summed E-state index contributed by atoms with van der Waals surface area (Å²) in [6.07, 6.45) is 1.87. The number of oxazole rings is 1. The van der Waals surface area contributed by atoms with Gasteiger partial charge >= 0.3 is 0 Å². The fraction of sp³-hybridized carbons (Fsp3) is 0.278. The first-order chi connectivity index (χ1) is 10.9. The summed E-state index contributed by atoms with van der Waals surface area (Å²) in [6.45, 7) is 2.67. The Balaban J connectivity index is 1.41. The van der Waals surface area contributed by atoms with Gasteiger partial charge in [0, 0.05) is 13.0 Å². The highest BCUT2D eigenvalue weighted by Gasteiger charge is 2.17. The molecule has 1 aliphatic rings. The molecule has 1 aromatic heterocycles. The van der Waals surface area contributed by atoms with Crippen LogP contribution in [0.25, 0.3) is 11.1 Å². The van der Waals surface area contributed by atoms with Gasteiger partial charge in [0.05, 0.1) is 12.2 Å². The van der Waals surface area contributed by atoms with Crippen molar-refractivity contribution in [2.45, 2.75) is 12.8 Å². The first kappa shape index (κ1) is 13.2. The third kappa shape index (κ3) is 2.52. The van der Waals surface area contributed by atoms with Crippen molar-refractivity contribution in [2.24, 2.45) is 0 Å². The zero-order valence-electron chi connectivity index (χ0n) is 12.4. The van der Waals surface area contributed by atoms with Crippen LogP contribution >= 0.6 is 0 Å². The maximum Gasteiger partial charge on any atom is 0.195 e. The molecule has 0 unspecified atom stereocenters. The lowest BCUT2D eigenvalue weighted by Crippen LogP contribution is -2.33. The highest BCUT2D eigenvalue weighted by Crippen LogP contribution is 2.31. The molecule has 0 radical (unpaired) electrons. The fourth-order valence-electron chi connectivity index (χ4n) is 2.91. The summed E-state index contributed by atoms with van der Waals surface area (Å²) in [6, 6.07) is 16.1. The van der Waals surface area contributed by atoms with Gasteiger partial charge in [-0.05, 0) is 30.7 Å². The third-order valence-corrected chi connectivity index (χ3v) is 3.98. The van der Waals surface area contributed by atoms with Gasteiger partial charge in [-0.3, -0.25) is 0 Å². The smallest absolute Gasteiger partial charge is 0.195 e. The van der Waals surface area contributed by atoms with Crippen LogP contribution in [-0.4, -0.2) is 24.7 Å². The quantitative estimate of drug-likeness (QED) is 0.736. The van der Waals surface area contributed by atoms with E-state index in [-0.39, 0.29) is 0 Å². The summed E-state index contributed by atoms with van der Waals surface area (Å²) < 4.78 is 11.5. The molecule has 3 aromatic rings. The minimum atomic E-state index is 0.750. The minimum Gasteiger partial charge on any atom is -0.490 e. The van der Waals surface area contributed by atoms with Crippen LogP contribution in [0.3, 0.4) is 0 Å². The highest BCUT2D eigenvalue weighted by molar-refractivity contribution is 5.72. The van der Waals surface area contributed by atoms with Crippen LogP contribution in [0, 0.1) is 0 Å². The maximum absolute atomic E-state index is 5.77. The Labute approximate surface area is 129 Å². The number of rotatable bonds is 4. The molecule has 1 aliphatic heterocycles. The summed E-state index contributed by atoms with van der Waals surface area (Å²) in [5, 5.41) is 0. The summed E-state index contributed by atoms with van der Waals surface area (Å²) in [5.74, 6) is 1.80. The van der Waals surface area contributed by atoms with Crippen LogP contribution in [0.2, 0.25) is 0 Å². The predicted octanol–water partition coefficient (Wildman–Crippen LogP) is 3.66. The van der Waals surface area contributed by atoms with E-state index in [1.54, 1.807) is 0 Å². The molecule has 4 nitrogen and oxygen atoms in total. The molecule has 0 atom stereocenters. The van der Waals surface area contributed by atoms with Gasteiger partial charge in [0.2, 0.25) is 0 Å². The van der Waals surface area contributed by atoms with E-state index in [2.05, 4.69) is 22.0 Å². The number of aromatic nitrogens is 1. The fourth-order valence-corrected chi connectivity index (χ4v) is 2.91. The normalized spacial score (nSPS) is 13.9. The molecule has 112 valence electrons. The number of hydrogen-bond donors (Lipinski definition) is 0. The van der Waals surface area contributed by atoms with E-state index in [1.165, 1.54) is 5.69 Å². The van der Waals surface area contributed by atoms with Crippen LogP contribution in [0.5, 0.6) is 5.75 Å². The molecule has 0 saturated carbocycles. The standard InChI is InChI=1S/C18H18N2O2/c1-3-8-16-14(6-1)19-18(22-16)10-5-11-20-12-13-21-17-9-4-2-7-15(17)20/h1-4,6-9H,5,10-13H2. The first-order valence-electron chi connectivity index (χ1n) is 7.71. The second-order valence-electron chi connectivity index (χ2n) is 5.48. The van der Waals surface area contributed by atoms with E-state index in [9.17, 15) is 0 Å². The van der Waals surface area contributed by atoms with Crippen LogP contribution in [-0.2, 0) is 6.42 Å². The number of aryl methyl sites for hydroxylation is 1. The molecule has 22 heavy (non-hydrogen) atoms. The Hall–Kier alpha value is -2.49. The van der Waals surface area contributed by atoms with Gasteiger partial charge in [0.25, 0.3) is 0 Å². The molecule has 0 bridgehead atoms. The molecule has 0 amide bonds. The van der Waals surface area contributed by atoms with E-state index in [0.717, 1.165) is 55.3 Å². The Bertz CT molecular complexity index is 748. The van der Waals surface area contributed by atoms with Crippen molar-refractivity contribution < 1.29 is 9.15 Å². The lowest BCUT2D eigenvalue weighted by Gasteiger charge is -2.31. The number of nitrogens with zero attached hydrogens (tertiary/aromatic N) is 2. The second-order valence-corrected chi connectivity index (χ2v) is 5.48. The van der Waals surface area contributed by atoms with Gasteiger partial charge in [-0.15, -0.1) is 0 Å². The summed E-state index contributed by atoms with van der Waals surface area (Å²) in [4.78, 5) is 6.91. The maximum atomic E-state index is 5.77. The third-order valence-electron chi connectivity index (χ3n) is 3.98. The average Bonchev–Trinajstić information content (AvgIpc) is 2.98. The van der Waals surface area contributed by atoms with E-state index in [0.29, 0.717) is 0 Å². The predicted molar refractivity (Wildman–Crippen MR) is 86.5 cm³/mol. The molecule has 4 heteroatoms. The van der Waals surface area contributed by atoms with Crippen LogP contribution in [0.4, 0.5) is 5.69 Å². The van der Waals surface area contributed by atoms with Crippen molar-refractivity contribution in [3.8, 4) is 5.75 Å². The molecule has 2 heterocycles. The SMILES string of the molecule is c1ccc2c(c1)OCCN2CCCc1nc2ccccc2o1. The summed E-state index contributed by atoms with van der Waals surface area (Å²) >= 11 is 0. The molecule has 0 N–H and O–H groups in total. The number of hydrogen-bond acceptors (Lipinski definition) is 4. The van der Waals surface area contributed by atoms with E-state index < -0.39 is 0 Å². The number of anilines is 1. The number of benzene rings is 2. The van der Waals surface area contributed by atoms with Gasteiger partial charge in [-0.25, -0.2) is 4.98 Å². The molecule has 0 saturated heterocycles. The van der Waals surface area contributed by atoms with Crippen molar-refractivity contribution >= 4 is 16.8 Å². The van der Waals surface area contributed by atoms with Gasteiger partial charge in [-0.1, -0.05) is 24.3 Å². The largest absolute Gasteiger partial charge is 0.490 e. The van der Waals surface area contributed by atoms with Crippen molar-refractivity contribution in [3.63, 3.8) is 0 Å². The minimum absolute atomic E-state index is 0.750. The van der Waals surface area contributed by atoms with Crippen molar-refractivity contribution in [1.82, 2.24) is 4.98 Å². The van der Waals surface area contributed by atoms with Gasteiger partial charge in [0.15, 0.2) is 11.5 Å². The number of para-hydroxylation sites is 4. The second kappa shape index (κ2) is 5.72. The number of fused-ring (bicyclic) bond motifs is 2.